The predicted molar refractivity (Wildman–Crippen MR) is 59.4 cm³/mol. The van der Waals surface area contributed by atoms with Gasteiger partial charge in [-0.1, -0.05) is 23.7 Å². The molecule has 0 amide bonds. The maximum Gasteiger partial charge on any atom is 0.328 e. The molecule has 0 bridgehead atoms. The largest absolute Gasteiger partial charge is 0.328 e. The second kappa shape index (κ2) is 4.26. The zero-order valence-corrected chi connectivity index (χ0v) is 10.0. The molecule has 1 aliphatic rings. The molecule has 1 saturated heterocycles. The van der Waals surface area contributed by atoms with E-state index in [4.69, 9.17) is 20.6 Å². The highest BCUT2D eigenvalue weighted by Crippen LogP contribution is 2.52. The van der Waals surface area contributed by atoms with E-state index in [0.29, 0.717) is 18.1 Å². The van der Waals surface area contributed by atoms with Gasteiger partial charge in [0, 0.05) is 18.1 Å². The van der Waals surface area contributed by atoms with Gasteiger partial charge in [0.2, 0.25) is 0 Å². The van der Waals surface area contributed by atoms with Crippen molar-refractivity contribution in [2.75, 3.05) is 13.3 Å². The molecule has 82 valence electrons. The average molecular weight is 247 g/mol. The van der Waals surface area contributed by atoms with Crippen molar-refractivity contribution in [3.8, 4) is 0 Å². The first-order valence-corrected chi connectivity index (χ1v) is 7.09. The van der Waals surface area contributed by atoms with Crippen LogP contribution >= 0.6 is 19.2 Å². The maximum absolute atomic E-state index is 11.6. The van der Waals surface area contributed by atoms with Crippen LogP contribution in [0.4, 0.5) is 0 Å². The Labute approximate surface area is 93.9 Å². The van der Waals surface area contributed by atoms with Crippen LogP contribution < -0.4 is 0 Å². The smallest absolute Gasteiger partial charge is 0.309 e. The first-order chi connectivity index (χ1) is 7.07. The average Bonchev–Trinajstić information content (AvgIpc) is 2.16. The van der Waals surface area contributed by atoms with Crippen molar-refractivity contribution in [3.05, 3.63) is 34.9 Å². The molecule has 0 aromatic heterocycles. The van der Waals surface area contributed by atoms with Gasteiger partial charge in [-0.3, -0.25) is 4.57 Å². The SMILES string of the molecule is CP1(=O)OCC[C@@H](c2cccc(Cl)c2)O1. The molecule has 0 spiro atoms. The van der Waals surface area contributed by atoms with Crippen LogP contribution in [0.5, 0.6) is 0 Å². The molecule has 0 aliphatic carbocycles. The quantitative estimate of drug-likeness (QED) is 0.710. The van der Waals surface area contributed by atoms with Crippen LogP contribution in [-0.2, 0) is 13.6 Å². The van der Waals surface area contributed by atoms with Gasteiger partial charge in [0.25, 0.3) is 0 Å². The highest BCUT2D eigenvalue weighted by Gasteiger charge is 2.29. The van der Waals surface area contributed by atoms with Gasteiger partial charge in [0.15, 0.2) is 0 Å². The lowest BCUT2D eigenvalue weighted by atomic mass is 10.1. The van der Waals surface area contributed by atoms with Crippen molar-refractivity contribution in [2.45, 2.75) is 12.5 Å². The highest BCUT2D eigenvalue weighted by atomic mass is 35.5. The van der Waals surface area contributed by atoms with Gasteiger partial charge in [-0.15, -0.1) is 0 Å². The highest BCUT2D eigenvalue weighted by molar-refractivity contribution is 7.53. The Balaban J connectivity index is 2.21. The Morgan fingerprint density at radius 3 is 3.00 bits per heavy atom. The van der Waals surface area contributed by atoms with E-state index in [1.807, 2.05) is 18.2 Å². The fraction of sp³-hybridized carbons (Fsp3) is 0.400. The molecule has 15 heavy (non-hydrogen) atoms. The molecule has 0 saturated carbocycles. The minimum atomic E-state index is -2.87. The Morgan fingerprint density at radius 1 is 1.53 bits per heavy atom. The van der Waals surface area contributed by atoms with Crippen LogP contribution in [0.1, 0.15) is 18.1 Å². The first kappa shape index (κ1) is 11.2. The first-order valence-electron chi connectivity index (χ1n) is 4.73. The third kappa shape index (κ3) is 2.82. The Bertz CT molecular complexity index is 407. The zero-order chi connectivity index (χ0) is 10.9. The number of hydrogen-bond donors (Lipinski definition) is 0. The van der Waals surface area contributed by atoms with Crippen LogP contribution in [-0.4, -0.2) is 13.3 Å². The topological polar surface area (TPSA) is 35.5 Å². The Morgan fingerprint density at radius 2 is 2.33 bits per heavy atom. The number of hydrogen-bond acceptors (Lipinski definition) is 3. The van der Waals surface area contributed by atoms with Gasteiger partial charge in [0.1, 0.15) is 0 Å². The molecule has 2 atom stereocenters. The van der Waals surface area contributed by atoms with Gasteiger partial charge < -0.3 is 9.05 Å². The number of halogens is 1. The van der Waals surface area contributed by atoms with E-state index in [1.165, 1.54) is 6.66 Å². The van der Waals surface area contributed by atoms with Crippen LogP contribution in [0.3, 0.4) is 0 Å². The van der Waals surface area contributed by atoms with E-state index in [-0.39, 0.29) is 6.10 Å². The summed E-state index contributed by atoms with van der Waals surface area (Å²) in [5.41, 5.74) is 0.952. The maximum atomic E-state index is 11.6. The molecule has 2 rings (SSSR count). The number of benzene rings is 1. The van der Waals surface area contributed by atoms with Gasteiger partial charge in [0.05, 0.1) is 12.7 Å². The van der Waals surface area contributed by atoms with E-state index < -0.39 is 7.60 Å². The molecule has 1 fully saturated rings. The molecule has 1 aromatic rings. The molecule has 0 N–H and O–H groups in total. The fourth-order valence-electron chi connectivity index (χ4n) is 1.57. The van der Waals surface area contributed by atoms with E-state index in [1.54, 1.807) is 6.07 Å². The third-order valence-electron chi connectivity index (χ3n) is 2.25. The van der Waals surface area contributed by atoms with Gasteiger partial charge in [-0.05, 0) is 17.7 Å². The molecular formula is C10H12ClO3P. The lowest BCUT2D eigenvalue weighted by Crippen LogP contribution is -2.13. The molecule has 3 nitrogen and oxygen atoms in total. The van der Waals surface area contributed by atoms with E-state index in [0.717, 1.165) is 5.56 Å². The van der Waals surface area contributed by atoms with Crippen molar-refractivity contribution in [2.24, 2.45) is 0 Å². The molecule has 1 heterocycles. The minimum absolute atomic E-state index is 0.173. The molecule has 1 aliphatic heterocycles. The van der Waals surface area contributed by atoms with E-state index >= 15 is 0 Å². The second-order valence-corrected chi connectivity index (χ2v) is 5.99. The summed E-state index contributed by atoms with van der Waals surface area (Å²) in [5.74, 6) is 0. The fourth-order valence-corrected chi connectivity index (χ4v) is 2.96. The standard InChI is InChI=1S/C10H12ClO3P/c1-15(12)13-6-5-10(14-15)8-3-2-4-9(11)7-8/h2-4,7,10H,5-6H2,1H3/t10-,15?/m0/s1. The van der Waals surface area contributed by atoms with Crippen LogP contribution in [0.15, 0.2) is 24.3 Å². The van der Waals surface area contributed by atoms with Crippen molar-refractivity contribution in [1.29, 1.82) is 0 Å². The summed E-state index contributed by atoms with van der Waals surface area (Å²) >= 11 is 5.88. The van der Waals surface area contributed by atoms with Crippen LogP contribution in [0, 0.1) is 0 Å². The molecular weight excluding hydrogens is 235 g/mol. The lowest BCUT2D eigenvalue weighted by molar-refractivity contribution is 0.0845. The summed E-state index contributed by atoms with van der Waals surface area (Å²) in [5, 5.41) is 0.661. The van der Waals surface area contributed by atoms with Gasteiger partial charge in [-0.25, -0.2) is 0 Å². The molecule has 0 radical (unpaired) electrons. The summed E-state index contributed by atoms with van der Waals surface area (Å²) in [7, 11) is -2.87. The number of rotatable bonds is 1. The van der Waals surface area contributed by atoms with Crippen molar-refractivity contribution >= 4 is 19.2 Å². The Hall–Kier alpha value is -0.340. The third-order valence-corrected chi connectivity index (χ3v) is 3.77. The monoisotopic (exact) mass is 246 g/mol. The van der Waals surface area contributed by atoms with Gasteiger partial charge in [-0.2, -0.15) is 0 Å². The molecule has 1 aromatic carbocycles. The van der Waals surface area contributed by atoms with Crippen LogP contribution in [0.2, 0.25) is 5.02 Å². The predicted octanol–water partition coefficient (Wildman–Crippen LogP) is 3.64. The van der Waals surface area contributed by atoms with Crippen molar-refractivity contribution < 1.29 is 13.6 Å². The molecule has 1 unspecified atom stereocenters. The summed E-state index contributed by atoms with van der Waals surface area (Å²) < 4.78 is 22.1. The summed E-state index contributed by atoms with van der Waals surface area (Å²) in [6.45, 7) is 1.95. The van der Waals surface area contributed by atoms with E-state index in [2.05, 4.69) is 0 Å². The lowest BCUT2D eigenvalue weighted by Gasteiger charge is -2.27. The van der Waals surface area contributed by atoms with E-state index in [9.17, 15) is 4.57 Å². The van der Waals surface area contributed by atoms with Gasteiger partial charge >= 0.3 is 7.60 Å². The van der Waals surface area contributed by atoms with Crippen LogP contribution in [0.25, 0.3) is 0 Å². The van der Waals surface area contributed by atoms with Crippen molar-refractivity contribution in [3.63, 3.8) is 0 Å². The normalized spacial score (nSPS) is 31.5. The summed E-state index contributed by atoms with van der Waals surface area (Å²) in [6, 6.07) is 7.41. The summed E-state index contributed by atoms with van der Waals surface area (Å²) in [6.07, 6.45) is 0.534. The Kier molecular flexibility index (Phi) is 3.17. The molecule has 5 heteroatoms. The summed E-state index contributed by atoms with van der Waals surface area (Å²) in [4.78, 5) is 0. The zero-order valence-electron chi connectivity index (χ0n) is 8.35. The second-order valence-electron chi connectivity index (χ2n) is 3.54. The minimum Gasteiger partial charge on any atom is -0.309 e. The van der Waals surface area contributed by atoms with Crippen molar-refractivity contribution in [1.82, 2.24) is 0 Å².